The molecule has 0 aliphatic carbocycles. The van der Waals surface area contributed by atoms with E-state index >= 15 is 0 Å². The van der Waals surface area contributed by atoms with Crippen LogP contribution in [0.3, 0.4) is 0 Å². The summed E-state index contributed by atoms with van der Waals surface area (Å²) < 4.78 is 1.72. The highest BCUT2D eigenvalue weighted by molar-refractivity contribution is 5.75. The molecule has 3 heterocycles. The molecule has 2 aromatic heterocycles. The number of nitrogens with one attached hydrogen (secondary N) is 1. The summed E-state index contributed by atoms with van der Waals surface area (Å²) in [7, 11) is 0. The van der Waals surface area contributed by atoms with Gasteiger partial charge in [0, 0.05) is 12.6 Å². The van der Waals surface area contributed by atoms with Gasteiger partial charge < -0.3 is 10.7 Å². The summed E-state index contributed by atoms with van der Waals surface area (Å²) in [5.74, 6) is 1.77. The normalized spacial score (nSPS) is 23.7. The van der Waals surface area contributed by atoms with E-state index in [0.717, 1.165) is 18.7 Å². The van der Waals surface area contributed by atoms with Crippen LogP contribution in [-0.4, -0.2) is 43.8 Å². The van der Waals surface area contributed by atoms with Gasteiger partial charge in [-0.25, -0.2) is 9.67 Å². The number of nitrogens with zero attached hydrogens (tertiary/aromatic N) is 4. The monoisotopic (exact) mass is 366 g/mol. The average molecular weight is 366 g/mol. The fraction of sp³-hybridized carbons (Fsp3) is 0.450. The van der Waals surface area contributed by atoms with Crippen LogP contribution in [-0.2, 0) is 6.54 Å². The molecule has 0 amide bonds. The largest absolute Gasteiger partial charge is 0.330 e. The molecule has 1 aliphatic heterocycles. The average Bonchev–Trinajstić information content (AvgIpc) is 3.09. The lowest BCUT2D eigenvalue weighted by molar-refractivity contribution is 0.0727. The van der Waals surface area contributed by atoms with Gasteiger partial charge in [-0.2, -0.15) is 5.10 Å². The van der Waals surface area contributed by atoms with E-state index in [4.69, 9.17) is 10.7 Å². The third-order valence-corrected chi connectivity index (χ3v) is 5.75. The number of fused-ring (bicyclic) bond motifs is 1. The highest BCUT2D eigenvalue weighted by atomic mass is 16.1. The standard InChI is InChI=1S/C20H26N6O/c1-13-8-14(2)25(11-15(13)9-21)12-18-23-19-17(20(27)24-18)10-22-26(19)16-6-4-3-5-7-16/h3-7,10,13-15H,8-9,11-12,21H2,1-2H3,(H,23,24,27). The lowest BCUT2D eigenvalue weighted by Gasteiger charge is -2.41. The van der Waals surface area contributed by atoms with Crippen LogP contribution < -0.4 is 11.3 Å². The molecule has 3 N–H and O–H groups in total. The van der Waals surface area contributed by atoms with Crippen LogP contribution in [0.4, 0.5) is 0 Å². The second-order valence-corrected chi connectivity index (χ2v) is 7.63. The van der Waals surface area contributed by atoms with E-state index in [2.05, 4.69) is 28.8 Å². The number of rotatable bonds is 4. The van der Waals surface area contributed by atoms with E-state index in [1.807, 2.05) is 30.3 Å². The van der Waals surface area contributed by atoms with Crippen LogP contribution in [0.1, 0.15) is 26.1 Å². The lowest BCUT2D eigenvalue weighted by atomic mass is 9.83. The fourth-order valence-corrected chi connectivity index (χ4v) is 4.06. The molecular weight excluding hydrogens is 340 g/mol. The molecule has 1 aromatic carbocycles. The second-order valence-electron chi connectivity index (χ2n) is 7.63. The molecular formula is C20H26N6O. The van der Waals surface area contributed by atoms with Crippen molar-refractivity contribution in [2.45, 2.75) is 32.9 Å². The molecule has 1 fully saturated rings. The van der Waals surface area contributed by atoms with Crippen molar-refractivity contribution in [2.24, 2.45) is 17.6 Å². The maximum atomic E-state index is 12.6. The number of hydrogen-bond donors (Lipinski definition) is 2. The van der Waals surface area contributed by atoms with Crippen molar-refractivity contribution in [3.05, 3.63) is 52.7 Å². The van der Waals surface area contributed by atoms with Crippen molar-refractivity contribution in [2.75, 3.05) is 13.1 Å². The van der Waals surface area contributed by atoms with E-state index in [9.17, 15) is 4.79 Å². The number of para-hydroxylation sites is 1. The number of nitrogens with two attached hydrogens (primary N) is 1. The summed E-state index contributed by atoms with van der Waals surface area (Å²) in [5, 5.41) is 4.87. The van der Waals surface area contributed by atoms with E-state index in [1.54, 1.807) is 10.9 Å². The van der Waals surface area contributed by atoms with Gasteiger partial charge in [-0.1, -0.05) is 25.1 Å². The summed E-state index contributed by atoms with van der Waals surface area (Å²) >= 11 is 0. The Morgan fingerprint density at radius 3 is 2.78 bits per heavy atom. The smallest absolute Gasteiger partial charge is 0.262 e. The van der Waals surface area contributed by atoms with Crippen molar-refractivity contribution in [1.82, 2.24) is 24.6 Å². The van der Waals surface area contributed by atoms with Gasteiger partial charge in [0.25, 0.3) is 5.56 Å². The summed E-state index contributed by atoms with van der Waals surface area (Å²) in [6, 6.07) is 10.2. The minimum absolute atomic E-state index is 0.148. The van der Waals surface area contributed by atoms with Crippen LogP contribution in [0.5, 0.6) is 0 Å². The topological polar surface area (TPSA) is 92.8 Å². The lowest BCUT2D eigenvalue weighted by Crippen LogP contribution is -2.47. The molecule has 0 bridgehead atoms. The van der Waals surface area contributed by atoms with Gasteiger partial charge >= 0.3 is 0 Å². The van der Waals surface area contributed by atoms with Gasteiger partial charge in [-0.3, -0.25) is 9.69 Å². The Kier molecular flexibility index (Phi) is 4.80. The van der Waals surface area contributed by atoms with Crippen LogP contribution >= 0.6 is 0 Å². The zero-order valence-electron chi connectivity index (χ0n) is 15.8. The third-order valence-electron chi connectivity index (χ3n) is 5.75. The Labute approximate surface area is 158 Å². The zero-order valence-corrected chi connectivity index (χ0v) is 15.8. The molecule has 1 saturated heterocycles. The molecule has 4 rings (SSSR count). The number of aromatic amines is 1. The highest BCUT2D eigenvalue weighted by Crippen LogP contribution is 2.27. The number of H-pyrrole nitrogens is 1. The Morgan fingerprint density at radius 2 is 2.04 bits per heavy atom. The maximum absolute atomic E-state index is 12.6. The van der Waals surface area contributed by atoms with Crippen molar-refractivity contribution < 1.29 is 0 Å². The van der Waals surface area contributed by atoms with Gasteiger partial charge in [0.1, 0.15) is 11.2 Å². The number of benzene rings is 1. The number of aromatic nitrogens is 4. The van der Waals surface area contributed by atoms with E-state index < -0.39 is 0 Å². The Balaban J connectivity index is 1.68. The molecule has 3 atom stereocenters. The van der Waals surface area contributed by atoms with E-state index in [0.29, 0.717) is 47.8 Å². The molecule has 0 saturated carbocycles. The summed E-state index contributed by atoms with van der Waals surface area (Å²) in [4.78, 5) is 22.6. The molecule has 142 valence electrons. The zero-order chi connectivity index (χ0) is 19.0. The molecule has 0 spiro atoms. The number of likely N-dealkylation sites (tertiary alicyclic amines) is 1. The Bertz CT molecular complexity index is 979. The number of piperidine rings is 1. The van der Waals surface area contributed by atoms with Crippen LogP contribution in [0, 0.1) is 11.8 Å². The minimum atomic E-state index is -0.148. The molecule has 7 nitrogen and oxygen atoms in total. The predicted molar refractivity (Wildman–Crippen MR) is 106 cm³/mol. The van der Waals surface area contributed by atoms with Gasteiger partial charge in [0.2, 0.25) is 0 Å². The van der Waals surface area contributed by atoms with E-state index in [1.165, 1.54) is 0 Å². The van der Waals surface area contributed by atoms with Crippen LogP contribution in [0.15, 0.2) is 41.3 Å². The van der Waals surface area contributed by atoms with Gasteiger partial charge in [0.15, 0.2) is 5.65 Å². The maximum Gasteiger partial charge on any atom is 0.262 e. The Morgan fingerprint density at radius 1 is 1.26 bits per heavy atom. The van der Waals surface area contributed by atoms with Gasteiger partial charge in [-0.15, -0.1) is 0 Å². The molecule has 27 heavy (non-hydrogen) atoms. The van der Waals surface area contributed by atoms with Gasteiger partial charge in [0.05, 0.1) is 18.4 Å². The summed E-state index contributed by atoms with van der Waals surface area (Å²) in [6.07, 6.45) is 2.68. The van der Waals surface area contributed by atoms with Crippen LogP contribution in [0.2, 0.25) is 0 Å². The first-order chi connectivity index (χ1) is 13.1. The minimum Gasteiger partial charge on any atom is -0.330 e. The third kappa shape index (κ3) is 3.40. The van der Waals surface area contributed by atoms with Crippen molar-refractivity contribution in [3.63, 3.8) is 0 Å². The van der Waals surface area contributed by atoms with Crippen LogP contribution in [0.25, 0.3) is 16.7 Å². The second kappa shape index (κ2) is 7.25. The SMILES string of the molecule is CC1CC(C)N(Cc2nc3c(cnn3-c3ccccc3)c(=O)[nH]2)CC1CN. The summed E-state index contributed by atoms with van der Waals surface area (Å²) in [5.41, 5.74) is 7.28. The van der Waals surface area contributed by atoms with Crippen molar-refractivity contribution >= 4 is 11.0 Å². The molecule has 3 unspecified atom stereocenters. The molecule has 7 heteroatoms. The van der Waals surface area contributed by atoms with Gasteiger partial charge in [-0.05, 0) is 43.9 Å². The first-order valence-corrected chi connectivity index (χ1v) is 9.53. The van der Waals surface area contributed by atoms with Crippen molar-refractivity contribution in [1.29, 1.82) is 0 Å². The highest BCUT2D eigenvalue weighted by Gasteiger charge is 2.30. The molecule has 0 radical (unpaired) electrons. The quantitative estimate of drug-likeness (QED) is 0.736. The fourth-order valence-electron chi connectivity index (χ4n) is 4.06. The molecule has 1 aliphatic rings. The summed E-state index contributed by atoms with van der Waals surface area (Å²) in [6.45, 7) is 6.73. The Hall–Kier alpha value is -2.51. The number of hydrogen-bond acceptors (Lipinski definition) is 5. The first-order valence-electron chi connectivity index (χ1n) is 9.53. The van der Waals surface area contributed by atoms with Crippen molar-refractivity contribution in [3.8, 4) is 5.69 Å². The predicted octanol–water partition coefficient (Wildman–Crippen LogP) is 1.91. The van der Waals surface area contributed by atoms with E-state index in [-0.39, 0.29) is 5.56 Å². The molecule has 3 aromatic rings. The first kappa shape index (κ1) is 17.9.